The van der Waals surface area contributed by atoms with Crippen LogP contribution in [0.15, 0.2) is 24.3 Å². The Bertz CT molecular complexity index is 260. The van der Waals surface area contributed by atoms with Gasteiger partial charge in [0.15, 0.2) is 0 Å². The van der Waals surface area contributed by atoms with Crippen molar-refractivity contribution in [1.29, 1.82) is 0 Å². The van der Waals surface area contributed by atoms with Crippen LogP contribution in [0.5, 0.6) is 0 Å². The molecule has 0 saturated carbocycles. The Morgan fingerprint density at radius 2 is 2.08 bits per heavy atom. The Balaban J connectivity index is 2.12. The van der Waals surface area contributed by atoms with Crippen LogP contribution in [0.1, 0.15) is 18.9 Å². The summed E-state index contributed by atoms with van der Waals surface area (Å²) in [6, 6.07) is 8.79. The molecule has 1 fully saturated rings. The van der Waals surface area contributed by atoms with Crippen LogP contribution in [0.2, 0.25) is 0 Å². The highest BCUT2D eigenvalue weighted by atomic mass is 15.5. The summed E-state index contributed by atoms with van der Waals surface area (Å²) in [5.41, 5.74) is 6.04. The number of aryl methyl sites for hydroxylation is 1. The molecule has 2 heteroatoms. The van der Waals surface area contributed by atoms with Crippen LogP contribution in [0, 0.1) is 0 Å². The molecule has 1 saturated heterocycles. The molecule has 1 N–H and O–H groups in total. The smallest absolute Gasteiger partial charge is 0.0519 e. The van der Waals surface area contributed by atoms with Crippen molar-refractivity contribution in [3.63, 3.8) is 0 Å². The van der Waals surface area contributed by atoms with Gasteiger partial charge in [0.1, 0.15) is 0 Å². The Hall–Kier alpha value is -1.02. The van der Waals surface area contributed by atoms with E-state index in [-0.39, 0.29) is 0 Å². The highest BCUT2D eigenvalue weighted by Gasteiger charge is 2.10. The largest absolute Gasteiger partial charge is 0.308 e. The van der Waals surface area contributed by atoms with Gasteiger partial charge in [-0.15, -0.1) is 0 Å². The first-order valence-corrected chi connectivity index (χ1v) is 5.00. The topological polar surface area (TPSA) is 15.3 Å². The van der Waals surface area contributed by atoms with Crippen LogP contribution in [-0.4, -0.2) is 13.1 Å². The number of hydrogen-bond acceptors (Lipinski definition) is 2. The van der Waals surface area contributed by atoms with E-state index in [9.17, 15) is 0 Å². The number of benzene rings is 1. The van der Waals surface area contributed by atoms with Gasteiger partial charge in [0, 0.05) is 13.1 Å². The second kappa shape index (κ2) is 3.79. The van der Waals surface area contributed by atoms with E-state index in [4.69, 9.17) is 0 Å². The quantitative estimate of drug-likeness (QED) is 0.741. The molecule has 1 aliphatic rings. The Morgan fingerprint density at radius 3 is 2.62 bits per heavy atom. The summed E-state index contributed by atoms with van der Waals surface area (Å²) in [5, 5.41) is 2.22. The highest BCUT2D eigenvalue weighted by Crippen LogP contribution is 2.16. The van der Waals surface area contributed by atoms with Gasteiger partial charge >= 0.3 is 0 Å². The van der Waals surface area contributed by atoms with Gasteiger partial charge in [-0.1, -0.05) is 19.1 Å². The van der Waals surface area contributed by atoms with Gasteiger partial charge in [0.05, 0.1) is 5.69 Å². The normalized spacial score (nSPS) is 16.5. The van der Waals surface area contributed by atoms with Gasteiger partial charge in [0.2, 0.25) is 0 Å². The minimum atomic E-state index is 1.11. The lowest BCUT2D eigenvalue weighted by Gasteiger charge is -2.17. The molecule has 0 atom stereocenters. The van der Waals surface area contributed by atoms with Crippen LogP contribution in [0.3, 0.4) is 0 Å². The molecule has 0 bridgehead atoms. The zero-order valence-corrected chi connectivity index (χ0v) is 8.09. The lowest BCUT2D eigenvalue weighted by atomic mass is 10.1. The van der Waals surface area contributed by atoms with Crippen LogP contribution >= 0.6 is 0 Å². The fourth-order valence-corrected chi connectivity index (χ4v) is 1.66. The van der Waals surface area contributed by atoms with Crippen molar-refractivity contribution < 1.29 is 0 Å². The van der Waals surface area contributed by atoms with Crippen LogP contribution < -0.4 is 10.4 Å². The molecule has 0 spiro atoms. The summed E-state index contributed by atoms with van der Waals surface area (Å²) in [5.74, 6) is 0. The number of anilines is 1. The first kappa shape index (κ1) is 8.57. The van der Waals surface area contributed by atoms with Crippen molar-refractivity contribution in [2.75, 3.05) is 18.1 Å². The van der Waals surface area contributed by atoms with Crippen molar-refractivity contribution in [1.82, 2.24) is 5.43 Å². The molecule has 1 aliphatic heterocycles. The van der Waals surface area contributed by atoms with Gasteiger partial charge < -0.3 is 5.01 Å². The molecule has 1 aromatic rings. The predicted molar refractivity (Wildman–Crippen MR) is 55.8 cm³/mol. The van der Waals surface area contributed by atoms with Crippen molar-refractivity contribution in [2.24, 2.45) is 0 Å². The van der Waals surface area contributed by atoms with E-state index in [1.165, 1.54) is 17.7 Å². The predicted octanol–water partition coefficient (Wildman–Crippen LogP) is 1.96. The Labute approximate surface area is 79.5 Å². The van der Waals surface area contributed by atoms with Crippen molar-refractivity contribution in [2.45, 2.75) is 19.8 Å². The summed E-state index contributed by atoms with van der Waals surface area (Å²) in [6.07, 6.45) is 2.36. The van der Waals surface area contributed by atoms with E-state index < -0.39 is 0 Å². The minimum absolute atomic E-state index is 1.11. The summed E-state index contributed by atoms with van der Waals surface area (Å²) >= 11 is 0. The molecule has 0 amide bonds. The van der Waals surface area contributed by atoms with E-state index in [2.05, 4.69) is 41.6 Å². The summed E-state index contributed by atoms with van der Waals surface area (Å²) in [4.78, 5) is 0. The Morgan fingerprint density at radius 1 is 1.31 bits per heavy atom. The number of nitrogens with one attached hydrogen (secondary N) is 1. The lowest BCUT2D eigenvalue weighted by Crippen LogP contribution is -2.30. The number of rotatable bonds is 2. The standard InChI is InChI=1S/C11H16N2/c1-2-10-4-6-11(7-5-10)13-9-3-8-12-13/h4-7,12H,2-3,8-9H2,1H3. The first-order valence-electron chi connectivity index (χ1n) is 5.00. The third kappa shape index (κ3) is 1.83. The summed E-state index contributed by atoms with van der Waals surface area (Å²) in [7, 11) is 0. The molecule has 1 aromatic carbocycles. The summed E-state index contributed by atoms with van der Waals surface area (Å²) < 4.78 is 0. The molecule has 1 heterocycles. The maximum atomic E-state index is 3.34. The Kier molecular flexibility index (Phi) is 2.50. The fourth-order valence-electron chi connectivity index (χ4n) is 1.66. The molecular weight excluding hydrogens is 160 g/mol. The maximum absolute atomic E-state index is 3.34. The molecule has 0 aliphatic carbocycles. The second-order valence-electron chi connectivity index (χ2n) is 3.43. The molecule has 0 aromatic heterocycles. The molecule has 13 heavy (non-hydrogen) atoms. The van der Waals surface area contributed by atoms with E-state index in [1.54, 1.807) is 0 Å². The maximum Gasteiger partial charge on any atom is 0.0519 e. The SMILES string of the molecule is CCc1ccc(N2CCCN2)cc1. The highest BCUT2D eigenvalue weighted by molar-refractivity contribution is 5.47. The fraction of sp³-hybridized carbons (Fsp3) is 0.455. The summed E-state index contributed by atoms with van der Waals surface area (Å²) in [6.45, 7) is 4.42. The van der Waals surface area contributed by atoms with E-state index in [1.807, 2.05) is 0 Å². The van der Waals surface area contributed by atoms with Gasteiger partial charge in [-0.05, 0) is 30.5 Å². The third-order valence-corrected chi connectivity index (χ3v) is 2.52. The number of hydrogen-bond donors (Lipinski definition) is 1. The molecule has 70 valence electrons. The molecular formula is C11H16N2. The third-order valence-electron chi connectivity index (χ3n) is 2.52. The molecule has 2 nitrogen and oxygen atoms in total. The van der Waals surface area contributed by atoms with Crippen LogP contribution in [-0.2, 0) is 6.42 Å². The van der Waals surface area contributed by atoms with Crippen LogP contribution in [0.25, 0.3) is 0 Å². The average molecular weight is 176 g/mol. The van der Waals surface area contributed by atoms with E-state index in [0.29, 0.717) is 0 Å². The molecule has 2 rings (SSSR count). The van der Waals surface area contributed by atoms with Crippen molar-refractivity contribution in [3.8, 4) is 0 Å². The minimum Gasteiger partial charge on any atom is -0.308 e. The van der Waals surface area contributed by atoms with Gasteiger partial charge in [-0.25, -0.2) is 5.43 Å². The zero-order chi connectivity index (χ0) is 9.10. The average Bonchev–Trinajstić information content (AvgIpc) is 2.71. The monoisotopic (exact) mass is 176 g/mol. The van der Waals surface area contributed by atoms with Gasteiger partial charge in [-0.3, -0.25) is 0 Å². The van der Waals surface area contributed by atoms with Crippen LogP contribution in [0.4, 0.5) is 5.69 Å². The van der Waals surface area contributed by atoms with Crippen molar-refractivity contribution in [3.05, 3.63) is 29.8 Å². The van der Waals surface area contributed by atoms with E-state index >= 15 is 0 Å². The van der Waals surface area contributed by atoms with E-state index in [0.717, 1.165) is 19.5 Å². The number of hydrazine groups is 1. The second-order valence-corrected chi connectivity index (χ2v) is 3.43. The zero-order valence-electron chi connectivity index (χ0n) is 8.09. The van der Waals surface area contributed by atoms with Gasteiger partial charge in [0.25, 0.3) is 0 Å². The van der Waals surface area contributed by atoms with Gasteiger partial charge in [-0.2, -0.15) is 0 Å². The molecule has 0 unspecified atom stereocenters. The lowest BCUT2D eigenvalue weighted by molar-refractivity contribution is 0.787. The first-order chi connectivity index (χ1) is 6.40. The van der Waals surface area contributed by atoms with Crippen molar-refractivity contribution >= 4 is 5.69 Å². The molecule has 0 radical (unpaired) electrons. The number of nitrogens with zero attached hydrogens (tertiary/aromatic N) is 1.